The molecular formula is C16H14F3NO3. The first kappa shape index (κ1) is 16.7. The maximum absolute atomic E-state index is 13.5. The van der Waals surface area contributed by atoms with Crippen molar-refractivity contribution in [3.05, 3.63) is 58.4 Å². The van der Waals surface area contributed by atoms with Crippen LogP contribution in [0.25, 0.3) is 0 Å². The zero-order valence-corrected chi connectivity index (χ0v) is 12.2. The summed E-state index contributed by atoms with van der Waals surface area (Å²) >= 11 is 0. The number of carbonyl (C=O) groups is 1. The fourth-order valence-electron chi connectivity index (χ4n) is 2.10. The van der Waals surface area contributed by atoms with Crippen LogP contribution >= 0.6 is 0 Å². The zero-order chi connectivity index (χ0) is 17.1. The number of hydrogen-bond donors (Lipinski definition) is 3. The Kier molecular flexibility index (Phi) is 4.78. The van der Waals surface area contributed by atoms with E-state index < -0.39 is 28.9 Å². The van der Waals surface area contributed by atoms with E-state index in [2.05, 4.69) is 5.32 Å². The summed E-state index contributed by atoms with van der Waals surface area (Å²) in [5.74, 6) is -6.02. The summed E-state index contributed by atoms with van der Waals surface area (Å²) < 4.78 is 39.4. The van der Waals surface area contributed by atoms with Crippen molar-refractivity contribution in [2.24, 2.45) is 0 Å². The van der Waals surface area contributed by atoms with E-state index in [0.717, 1.165) is 6.07 Å². The molecular weight excluding hydrogens is 311 g/mol. The number of halogens is 3. The summed E-state index contributed by atoms with van der Waals surface area (Å²) in [5.41, 5.74) is 0.786. The van der Waals surface area contributed by atoms with E-state index >= 15 is 0 Å². The van der Waals surface area contributed by atoms with Gasteiger partial charge in [-0.05, 0) is 48.7 Å². The maximum atomic E-state index is 13.5. The van der Waals surface area contributed by atoms with Crippen LogP contribution in [-0.2, 0) is 6.42 Å². The molecule has 0 aliphatic carbocycles. The van der Waals surface area contributed by atoms with Crippen molar-refractivity contribution in [2.75, 3.05) is 6.54 Å². The minimum Gasteiger partial charge on any atom is -0.504 e. The molecule has 1 amide bonds. The molecule has 3 N–H and O–H groups in total. The van der Waals surface area contributed by atoms with Crippen LogP contribution in [-0.4, -0.2) is 22.7 Å². The van der Waals surface area contributed by atoms with Gasteiger partial charge in [-0.1, -0.05) is 0 Å². The molecule has 2 aromatic carbocycles. The van der Waals surface area contributed by atoms with Gasteiger partial charge in [-0.3, -0.25) is 4.79 Å². The number of amides is 1. The predicted octanol–water partition coefficient (Wildman–Crippen LogP) is 2.80. The summed E-state index contributed by atoms with van der Waals surface area (Å²) in [6.45, 7) is 1.80. The molecule has 0 atom stereocenters. The minimum atomic E-state index is -1.70. The van der Waals surface area contributed by atoms with E-state index in [9.17, 15) is 28.2 Å². The van der Waals surface area contributed by atoms with Crippen LogP contribution in [0.1, 0.15) is 21.5 Å². The second-order valence-corrected chi connectivity index (χ2v) is 5.00. The first-order valence-electron chi connectivity index (χ1n) is 6.74. The highest BCUT2D eigenvalue weighted by Crippen LogP contribution is 2.28. The molecule has 0 spiro atoms. The highest BCUT2D eigenvalue weighted by atomic mass is 19.2. The third-order valence-corrected chi connectivity index (χ3v) is 3.39. The molecule has 0 saturated carbocycles. The molecule has 0 radical (unpaired) electrons. The molecule has 0 aliphatic heterocycles. The lowest BCUT2D eigenvalue weighted by atomic mass is 10.0. The topological polar surface area (TPSA) is 69.6 Å². The van der Waals surface area contributed by atoms with Crippen LogP contribution < -0.4 is 5.32 Å². The van der Waals surface area contributed by atoms with Crippen LogP contribution in [0.2, 0.25) is 0 Å². The van der Waals surface area contributed by atoms with Crippen molar-refractivity contribution < 1.29 is 28.2 Å². The molecule has 0 heterocycles. The lowest BCUT2D eigenvalue weighted by molar-refractivity contribution is 0.0949. The number of rotatable bonds is 4. The highest BCUT2D eigenvalue weighted by molar-refractivity contribution is 5.94. The Balaban J connectivity index is 2.03. The molecule has 0 aromatic heterocycles. The van der Waals surface area contributed by atoms with Gasteiger partial charge >= 0.3 is 0 Å². The van der Waals surface area contributed by atoms with Crippen molar-refractivity contribution in [3.8, 4) is 11.5 Å². The van der Waals surface area contributed by atoms with Crippen LogP contribution in [0.5, 0.6) is 11.5 Å². The SMILES string of the molecule is Cc1cc(O)c(O)cc1CCNC(=O)c1ccc(F)c(F)c1F. The van der Waals surface area contributed by atoms with Crippen molar-refractivity contribution in [1.29, 1.82) is 0 Å². The zero-order valence-electron chi connectivity index (χ0n) is 12.2. The Morgan fingerprint density at radius 1 is 1.09 bits per heavy atom. The molecule has 122 valence electrons. The molecule has 23 heavy (non-hydrogen) atoms. The molecule has 2 aromatic rings. The summed E-state index contributed by atoms with van der Waals surface area (Å²) in [6, 6.07) is 4.27. The first-order valence-corrected chi connectivity index (χ1v) is 6.74. The molecule has 4 nitrogen and oxygen atoms in total. The average molecular weight is 325 g/mol. The Morgan fingerprint density at radius 3 is 2.43 bits per heavy atom. The van der Waals surface area contributed by atoms with Gasteiger partial charge in [-0.2, -0.15) is 0 Å². The largest absolute Gasteiger partial charge is 0.504 e. The third-order valence-electron chi connectivity index (χ3n) is 3.39. The van der Waals surface area contributed by atoms with E-state index in [4.69, 9.17) is 0 Å². The molecule has 0 fully saturated rings. The normalized spacial score (nSPS) is 10.6. The molecule has 0 unspecified atom stereocenters. The van der Waals surface area contributed by atoms with Gasteiger partial charge in [-0.25, -0.2) is 13.2 Å². The molecule has 2 rings (SSSR count). The van der Waals surface area contributed by atoms with Gasteiger partial charge in [0.05, 0.1) is 5.56 Å². The Bertz CT molecular complexity index is 763. The number of hydrogen-bond acceptors (Lipinski definition) is 3. The number of benzene rings is 2. The van der Waals surface area contributed by atoms with Gasteiger partial charge in [0, 0.05) is 6.54 Å². The van der Waals surface area contributed by atoms with Gasteiger partial charge in [-0.15, -0.1) is 0 Å². The maximum Gasteiger partial charge on any atom is 0.254 e. The second-order valence-electron chi connectivity index (χ2n) is 5.00. The van der Waals surface area contributed by atoms with Crippen molar-refractivity contribution in [2.45, 2.75) is 13.3 Å². The molecule has 0 bridgehead atoms. The van der Waals surface area contributed by atoms with Crippen LogP contribution in [0.3, 0.4) is 0 Å². The lowest BCUT2D eigenvalue weighted by Gasteiger charge is -2.10. The fraction of sp³-hybridized carbons (Fsp3) is 0.188. The number of phenolic OH excluding ortho intramolecular Hbond substituents is 2. The van der Waals surface area contributed by atoms with Gasteiger partial charge in [0.1, 0.15) is 0 Å². The fourth-order valence-corrected chi connectivity index (χ4v) is 2.10. The lowest BCUT2D eigenvalue weighted by Crippen LogP contribution is -2.27. The van der Waals surface area contributed by atoms with E-state index in [-0.39, 0.29) is 18.0 Å². The monoisotopic (exact) mass is 325 g/mol. The summed E-state index contributed by atoms with van der Waals surface area (Å²) in [7, 11) is 0. The van der Waals surface area contributed by atoms with Gasteiger partial charge in [0.2, 0.25) is 0 Å². The Morgan fingerprint density at radius 2 is 1.74 bits per heavy atom. The quantitative estimate of drug-likeness (QED) is 0.598. The standard InChI is InChI=1S/C16H14F3NO3/c1-8-6-12(21)13(22)7-9(8)4-5-20-16(23)10-2-3-11(17)15(19)14(10)18/h2-3,6-7,21-22H,4-5H2,1H3,(H,20,23). The van der Waals surface area contributed by atoms with Crippen molar-refractivity contribution >= 4 is 5.91 Å². The van der Waals surface area contributed by atoms with Gasteiger partial charge < -0.3 is 15.5 Å². The van der Waals surface area contributed by atoms with Gasteiger partial charge in [0.25, 0.3) is 5.91 Å². The number of nitrogens with one attached hydrogen (secondary N) is 1. The van der Waals surface area contributed by atoms with Crippen LogP contribution in [0.15, 0.2) is 24.3 Å². The molecule has 0 aliphatic rings. The number of aromatic hydroxyl groups is 2. The number of carbonyl (C=O) groups excluding carboxylic acids is 1. The van der Waals surface area contributed by atoms with Crippen molar-refractivity contribution in [3.63, 3.8) is 0 Å². The van der Waals surface area contributed by atoms with Gasteiger partial charge in [0.15, 0.2) is 29.0 Å². The number of phenols is 2. The van der Waals surface area contributed by atoms with E-state index in [0.29, 0.717) is 23.6 Å². The third kappa shape index (κ3) is 3.56. The highest BCUT2D eigenvalue weighted by Gasteiger charge is 2.18. The average Bonchev–Trinajstić information content (AvgIpc) is 2.50. The number of aryl methyl sites for hydroxylation is 1. The molecule has 0 saturated heterocycles. The van der Waals surface area contributed by atoms with Crippen molar-refractivity contribution in [1.82, 2.24) is 5.32 Å². The first-order chi connectivity index (χ1) is 10.8. The van der Waals surface area contributed by atoms with E-state index in [1.165, 1.54) is 12.1 Å². The summed E-state index contributed by atoms with van der Waals surface area (Å²) in [5, 5.41) is 21.2. The summed E-state index contributed by atoms with van der Waals surface area (Å²) in [6.07, 6.45) is 0.302. The van der Waals surface area contributed by atoms with E-state index in [1.807, 2.05) is 0 Å². The Hall–Kier alpha value is -2.70. The van der Waals surface area contributed by atoms with E-state index in [1.54, 1.807) is 6.92 Å². The van der Waals surface area contributed by atoms with Crippen LogP contribution in [0.4, 0.5) is 13.2 Å². The smallest absolute Gasteiger partial charge is 0.254 e. The van der Waals surface area contributed by atoms with Crippen LogP contribution in [0, 0.1) is 24.4 Å². The minimum absolute atomic E-state index is 0.0856. The predicted molar refractivity (Wildman–Crippen MR) is 76.9 cm³/mol. The molecule has 7 heteroatoms. The second kappa shape index (κ2) is 6.60. The Labute approximate surface area is 130 Å². The summed E-state index contributed by atoms with van der Waals surface area (Å²) in [4.78, 5) is 11.8.